The van der Waals surface area contributed by atoms with Crippen LogP contribution in [-0.4, -0.2) is 23.7 Å². The van der Waals surface area contributed by atoms with E-state index < -0.39 is 12.0 Å². The predicted molar refractivity (Wildman–Crippen MR) is 53.0 cm³/mol. The first kappa shape index (κ1) is 17.9. The van der Waals surface area contributed by atoms with E-state index in [0.717, 1.165) is 12.8 Å². The third kappa shape index (κ3) is 9.97. The average molecular weight is 219 g/mol. The second-order valence-corrected chi connectivity index (χ2v) is 2.23. The molecule has 0 fully saturated rings. The van der Waals surface area contributed by atoms with Crippen LogP contribution in [0.25, 0.3) is 0 Å². The topological polar surface area (TPSA) is 89.3 Å². The van der Waals surface area contributed by atoms with Gasteiger partial charge < -0.3 is 16.6 Å². The Morgan fingerprint density at radius 2 is 1.83 bits per heavy atom. The first-order valence-electron chi connectivity index (χ1n) is 3.37. The first-order valence-corrected chi connectivity index (χ1v) is 3.37. The summed E-state index contributed by atoms with van der Waals surface area (Å²) in [4.78, 5) is 10.1. The van der Waals surface area contributed by atoms with Crippen molar-refractivity contribution in [3.63, 3.8) is 0 Å². The number of halogens is 2. The molecule has 0 aromatic carbocycles. The maximum Gasteiger partial charge on any atom is 0.320 e. The van der Waals surface area contributed by atoms with Crippen LogP contribution in [0.1, 0.15) is 19.3 Å². The summed E-state index contributed by atoms with van der Waals surface area (Å²) in [5.74, 6) is -0.933. The van der Waals surface area contributed by atoms with Crippen LogP contribution in [0.3, 0.4) is 0 Å². The van der Waals surface area contributed by atoms with Gasteiger partial charge in [0.25, 0.3) is 0 Å². The summed E-state index contributed by atoms with van der Waals surface area (Å²) in [7, 11) is 0. The third-order valence-electron chi connectivity index (χ3n) is 1.29. The van der Waals surface area contributed by atoms with E-state index in [4.69, 9.17) is 16.6 Å². The van der Waals surface area contributed by atoms with Crippen molar-refractivity contribution in [2.45, 2.75) is 25.3 Å². The fourth-order valence-electron chi connectivity index (χ4n) is 0.632. The van der Waals surface area contributed by atoms with Crippen molar-refractivity contribution < 1.29 is 9.90 Å². The Morgan fingerprint density at radius 1 is 1.33 bits per heavy atom. The van der Waals surface area contributed by atoms with Gasteiger partial charge >= 0.3 is 5.97 Å². The smallest absolute Gasteiger partial charge is 0.320 e. The number of nitrogens with two attached hydrogens (primary N) is 2. The standard InChI is InChI=1S/C6H14N2O2.2ClH/c7-4-2-1-3-5(8)6(9)10;;/h5H,1-4,7-8H2,(H,9,10);2*1H/t5-;;/m0../s1. The largest absolute Gasteiger partial charge is 0.480 e. The Balaban J connectivity index is -0.000000405. The number of aliphatic carboxylic acids is 1. The molecule has 0 radical (unpaired) electrons. The lowest BCUT2D eigenvalue weighted by Crippen LogP contribution is -2.29. The molecule has 6 heteroatoms. The van der Waals surface area contributed by atoms with Crippen molar-refractivity contribution in [1.82, 2.24) is 0 Å². The van der Waals surface area contributed by atoms with E-state index in [1.54, 1.807) is 0 Å². The lowest BCUT2D eigenvalue weighted by Gasteiger charge is -2.03. The number of carboxylic acids is 1. The zero-order valence-corrected chi connectivity index (χ0v) is 8.37. The number of hydrogen-bond donors (Lipinski definition) is 3. The summed E-state index contributed by atoms with van der Waals surface area (Å²) in [5.41, 5.74) is 10.4. The lowest BCUT2D eigenvalue weighted by atomic mass is 10.1. The van der Waals surface area contributed by atoms with Crippen LogP contribution in [0.5, 0.6) is 0 Å². The van der Waals surface area contributed by atoms with Crippen molar-refractivity contribution >= 4 is 30.8 Å². The van der Waals surface area contributed by atoms with Gasteiger partial charge in [-0.3, -0.25) is 4.79 Å². The number of hydrogen-bond acceptors (Lipinski definition) is 3. The minimum Gasteiger partial charge on any atom is -0.480 e. The summed E-state index contributed by atoms with van der Waals surface area (Å²) >= 11 is 0. The molecule has 0 aliphatic rings. The molecule has 76 valence electrons. The van der Waals surface area contributed by atoms with Crippen molar-refractivity contribution in [1.29, 1.82) is 0 Å². The van der Waals surface area contributed by atoms with Gasteiger partial charge in [0.15, 0.2) is 0 Å². The van der Waals surface area contributed by atoms with E-state index in [2.05, 4.69) is 0 Å². The molecule has 0 aromatic rings. The Bertz CT molecular complexity index is 114. The molecule has 0 bridgehead atoms. The van der Waals surface area contributed by atoms with Crippen LogP contribution in [0.15, 0.2) is 0 Å². The van der Waals surface area contributed by atoms with Crippen LogP contribution in [-0.2, 0) is 4.79 Å². The second kappa shape index (κ2) is 11.0. The van der Waals surface area contributed by atoms with E-state index in [-0.39, 0.29) is 24.8 Å². The van der Waals surface area contributed by atoms with Gasteiger partial charge in [0.2, 0.25) is 0 Å². The van der Waals surface area contributed by atoms with Gasteiger partial charge in [-0.1, -0.05) is 6.42 Å². The molecule has 12 heavy (non-hydrogen) atoms. The van der Waals surface area contributed by atoms with E-state index >= 15 is 0 Å². The minimum absolute atomic E-state index is 0. The van der Waals surface area contributed by atoms with Gasteiger partial charge in [-0.05, 0) is 19.4 Å². The van der Waals surface area contributed by atoms with Crippen LogP contribution < -0.4 is 11.5 Å². The van der Waals surface area contributed by atoms with E-state index in [1.165, 1.54) is 0 Å². The number of carbonyl (C=O) groups is 1. The molecule has 0 unspecified atom stereocenters. The van der Waals surface area contributed by atoms with Gasteiger partial charge in [-0.15, -0.1) is 24.8 Å². The van der Waals surface area contributed by atoms with Crippen LogP contribution in [0, 0.1) is 0 Å². The van der Waals surface area contributed by atoms with Crippen molar-refractivity contribution in [2.75, 3.05) is 6.54 Å². The fraction of sp³-hybridized carbons (Fsp3) is 0.833. The van der Waals surface area contributed by atoms with Gasteiger partial charge in [0.05, 0.1) is 0 Å². The van der Waals surface area contributed by atoms with Gasteiger partial charge in [-0.2, -0.15) is 0 Å². The lowest BCUT2D eigenvalue weighted by molar-refractivity contribution is -0.138. The summed E-state index contributed by atoms with van der Waals surface area (Å²) in [6.45, 7) is 0.604. The molecule has 0 saturated heterocycles. The number of carboxylic acid groups (broad SMARTS) is 1. The molecule has 0 aliphatic carbocycles. The maximum absolute atomic E-state index is 10.1. The van der Waals surface area contributed by atoms with E-state index in [0.29, 0.717) is 13.0 Å². The van der Waals surface area contributed by atoms with Gasteiger partial charge in [0.1, 0.15) is 6.04 Å². The Hall–Kier alpha value is -0.0300. The SMILES string of the molecule is Cl.Cl.NCCCC[C@H](N)C(=O)O. The Labute approximate surface area is 84.5 Å². The second-order valence-electron chi connectivity index (χ2n) is 2.23. The highest BCUT2D eigenvalue weighted by Crippen LogP contribution is 1.96. The molecule has 4 nitrogen and oxygen atoms in total. The zero-order chi connectivity index (χ0) is 7.98. The summed E-state index contributed by atoms with van der Waals surface area (Å²) in [6.07, 6.45) is 2.16. The first-order chi connectivity index (χ1) is 4.68. The highest BCUT2D eigenvalue weighted by atomic mass is 35.5. The Morgan fingerprint density at radius 3 is 2.17 bits per heavy atom. The normalized spacial score (nSPS) is 10.8. The molecule has 0 aliphatic heterocycles. The number of rotatable bonds is 5. The molecule has 0 aromatic heterocycles. The highest BCUT2D eigenvalue weighted by molar-refractivity contribution is 5.85. The molecule has 0 spiro atoms. The van der Waals surface area contributed by atoms with E-state index in [1.807, 2.05) is 0 Å². The summed E-state index contributed by atoms with van der Waals surface area (Å²) < 4.78 is 0. The van der Waals surface area contributed by atoms with Crippen molar-refractivity contribution in [3.05, 3.63) is 0 Å². The molecule has 1 atom stereocenters. The monoisotopic (exact) mass is 218 g/mol. The van der Waals surface area contributed by atoms with Crippen LogP contribution >= 0.6 is 24.8 Å². The van der Waals surface area contributed by atoms with Crippen LogP contribution in [0.4, 0.5) is 0 Å². The van der Waals surface area contributed by atoms with Crippen molar-refractivity contribution in [2.24, 2.45) is 11.5 Å². The van der Waals surface area contributed by atoms with Crippen LogP contribution in [0.2, 0.25) is 0 Å². The quantitative estimate of drug-likeness (QED) is 0.583. The minimum atomic E-state index is -0.933. The molecule has 0 rings (SSSR count). The average Bonchev–Trinajstić information content (AvgIpc) is 1.88. The van der Waals surface area contributed by atoms with Gasteiger partial charge in [-0.25, -0.2) is 0 Å². The molecular formula is C6H16Cl2N2O2. The predicted octanol–water partition coefficient (Wildman–Crippen LogP) is 0.371. The van der Waals surface area contributed by atoms with E-state index in [9.17, 15) is 4.79 Å². The summed E-state index contributed by atoms with van der Waals surface area (Å²) in [5, 5.41) is 8.33. The summed E-state index contributed by atoms with van der Waals surface area (Å²) in [6, 6.07) is -0.716. The zero-order valence-electron chi connectivity index (χ0n) is 6.73. The third-order valence-corrected chi connectivity index (χ3v) is 1.29. The Kier molecular flexibility index (Phi) is 16.4. The molecule has 5 N–H and O–H groups in total. The van der Waals surface area contributed by atoms with Gasteiger partial charge in [0, 0.05) is 0 Å². The van der Waals surface area contributed by atoms with Crippen molar-refractivity contribution in [3.8, 4) is 0 Å². The molecule has 0 saturated carbocycles. The number of unbranched alkanes of at least 4 members (excludes halogenated alkanes) is 1. The maximum atomic E-state index is 10.1. The molecular weight excluding hydrogens is 203 g/mol. The highest BCUT2D eigenvalue weighted by Gasteiger charge is 2.09. The molecule has 0 amide bonds. The molecule has 0 heterocycles. The fourth-order valence-corrected chi connectivity index (χ4v) is 0.632.